The van der Waals surface area contributed by atoms with Gasteiger partial charge in [-0.25, -0.2) is 0 Å². The van der Waals surface area contributed by atoms with Gasteiger partial charge in [0.1, 0.15) is 18.4 Å². The number of benzene rings is 4. The number of carbonyl (C=O) groups is 6. The van der Waals surface area contributed by atoms with Gasteiger partial charge in [0.25, 0.3) is 5.91 Å². The monoisotopic (exact) mass is 781 g/mol. The fourth-order valence-corrected chi connectivity index (χ4v) is 6.34. The van der Waals surface area contributed by atoms with Crippen LogP contribution in [0, 0.1) is 0 Å². The van der Waals surface area contributed by atoms with Crippen molar-refractivity contribution in [1.82, 2.24) is 26.2 Å². The number of amides is 5. The van der Waals surface area contributed by atoms with Crippen molar-refractivity contribution in [3.8, 4) is 28.0 Å². The number of carbonyl (C=O) groups excluding carboxylic acids is 6. The largest absolute Gasteiger partial charge is 0.507 e. The van der Waals surface area contributed by atoms with E-state index in [-0.39, 0.29) is 43.0 Å². The molecule has 1 aliphatic rings. The normalized spacial score (nSPS) is 13.1. The number of nitrogens with one attached hydrogen (secondary N) is 4. The Morgan fingerprint density at radius 1 is 0.857 bits per heavy atom. The van der Waals surface area contributed by atoms with E-state index in [0.717, 1.165) is 40.7 Å². The standard InChI is InChI=1S/C42H44ClN5O8/c1-25(48(2)40(54)22-46-41(55)30-8-4-27(5-9-30)28-10-13-32(43)14-11-28)31-12-15-34(29-6-7-29)35(19-31)36-17-26(3-16-38(36)52)18-37(47-39(53)21-44-24-50)42(56)45-20-33(51)23-49/h3-5,8-17,19,24-25,29,37,49,52H,6-7,18,20-23H2,1-2H3,(H,44,50)(H,45,56)(H,46,55)(H,47,53). The SMILES string of the molecule is CC(c1ccc(C2CC2)c(-c2cc(CC(NC(=O)CNC=O)C(=O)NCC(=O)CO)ccc2O)c1)N(C)C(=O)CNC(=O)c1ccc(-c2ccc(Cl)cc2)cc1. The molecule has 4 aromatic carbocycles. The second kappa shape index (κ2) is 19.0. The minimum absolute atomic E-state index is 0.0115. The van der Waals surface area contributed by atoms with Crippen LogP contribution in [-0.4, -0.2) is 90.3 Å². The first kappa shape index (κ1) is 41.1. The zero-order valence-electron chi connectivity index (χ0n) is 31.0. The summed E-state index contributed by atoms with van der Waals surface area (Å²) in [5, 5.41) is 30.8. The van der Waals surface area contributed by atoms with Gasteiger partial charge in [-0.15, -0.1) is 0 Å². The molecule has 2 unspecified atom stereocenters. The highest BCUT2D eigenvalue weighted by Gasteiger charge is 2.29. The Labute approximate surface area is 329 Å². The number of hydrogen-bond donors (Lipinski definition) is 6. The van der Waals surface area contributed by atoms with Crippen molar-refractivity contribution in [3.05, 3.63) is 112 Å². The average molecular weight is 782 g/mol. The van der Waals surface area contributed by atoms with Crippen molar-refractivity contribution >= 4 is 47.4 Å². The lowest BCUT2D eigenvalue weighted by Crippen LogP contribution is -2.51. The summed E-state index contributed by atoms with van der Waals surface area (Å²) in [5.41, 5.74) is 5.92. The molecule has 2 atom stereocenters. The molecule has 1 saturated carbocycles. The molecule has 4 aromatic rings. The minimum Gasteiger partial charge on any atom is -0.507 e. The van der Waals surface area contributed by atoms with E-state index < -0.39 is 42.8 Å². The molecule has 0 heterocycles. The van der Waals surface area contributed by atoms with Gasteiger partial charge in [-0.1, -0.05) is 54.1 Å². The molecule has 56 heavy (non-hydrogen) atoms. The Balaban J connectivity index is 1.30. The first-order valence-electron chi connectivity index (χ1n) is 18.1. The molecule has 1 fully saturated rings. The minimum atomic E-state index is -1.15. The number of ketones is 1. The molecule has 5 amide bonds. The maximum Gasteiger partial charge on any atom is 0.251 e. The summed E-state index contributed by atoms with van der Waals surface area (Å²) in [4.78, 5) is 75.7. The summed E-state index contributed by atoms with van der Waals surface area (Å²) in [5.74, 6) is -2.35. The maximum atomic E-state index is 13.3. The molecule has 0 radical (unpaired) electrons. The number of halogens is 1. The summed E-state index contributed by atoms with van der Waals surface area (Å²) >= 11 is 5.99. The molecular formula is C42H44ClN5O8. The molecule has 0 aromatic heterocycles. The van der Waals surface area contributed by atoms with E-state index in [2.05, 4.69) is 21.3 Å². The average Bonchev–Trinajstić information content (AvgIpc) is 4.06. The number of Topliss-reactive ketones (excluding diaryl/α,β-unsaturated/α-hetero) is 1. The Morgan fingerprint density at radius 3 is 2.18 bits per heavy atom. The summed E-state index contributed by atoms with van der Waals surface area (Å²) in [7, 11) is 1.66. The molecule has 5 rings (SSSR count). The number of nitrogens with zero attached hydrogens (tertiary/aromatic N) is 1. The van der Waals surface area contributed by atoms with Crippen molar-refractivity contribution < 1.29 is 39.0 Å². The molecule has 0 spiro atoms. The van der Waals surface area contributed by atoms with Gasteiger partial charge < -0.3 is 36.4 Å². The molecule has 0 saturated heterocycles. The first-order valence-corrected chi connectivity index (χ1v) is 18.5. The highest BCUT2D eigenvalue weighted by molar-refractivity contribution is 6.30. The van der Waals surface area contributed by atoms with Crippen LogP contribution in [0.1, 0.15) is 58.8 Å². The predicted octanol–water partition coefficient (Wildman–Crippen LogP) is 3.66. The number of aromatic hydroxyl groups is 1. The zero-order chi connectivity index (χ0) is 40.4. The van der Waals surface area contributed by atoms with Crippen LogP contribution < -0.4 is 21.3 Å². The summed E-state index contributed by atoms with van der Waals surface area (Å²) < 4.78 is 0. The number of hydrogen-bond acceptors (Lipinski definition) is 8. The molecule has 14 heteroatoms. The number of likely N-dealkylation sites (N-methyl/N-ethyl adjacent to an activating group) is 1. The Hall–Kier alpha value is -6.05. The van der Waals surface area contributed by atoms with Crippen LogP contribution in [0.15, 0.2) is 84.9 Å². The fraction of sp³-hybridized carbons (Fsp3) is 0.286. The Kier molecular flexibility index (Phi) is 14.0. The second-order valence-electron chi connectivity index (χ2n) is 13.7. The topological polar surface area (TPSA) is 194 Å². The lowest BCUT2D eigenvalue weighted by Gasteiger charge is -2.27. The van der Waals surface area contributed by atoms with Gasteiger partial charge in [-0.05, 0) is 102 Å². The van der Waals surface area contributed by atoms with E-state index in [1.54, 1.807) is 48.3 Å². The smallest absolute Gasteiger partial charge is 0.251 e. The molecule has 292 valence electrons. The van der Waals surface area contributed by atoms with Crippen molar-refractivity contribution in [3.63, 3.8) is 0 Å². The lowest BCUT2D eigenvalue weighted by atomic mass is 9.90. The first-order chi connectivity index (χ1) is 26.9. The zero-order valence-corrected chi connectivity index (χ0v) is 31.8. The Bertz CT molecular complexity index is 2090. The molecule has 0 aliphatic heterocycles. The highest BCUT2D eigenvalue weighted by atomic mass is 35.5. The van der Waals surface area contributed by atoms with Gasteiger partial charge in [0, 0.05) is 29.6 Å². The van der Waals surface area contributed by atoms with Crippen LogP contribution in [0.4, 0.5) is 0 Å². The highest BCUT2D eigenvalue weighted by Crippen LogP contribution is 2.47. The number of phenols is 1. The summed E-state index contributed by atoms with van der Waals surface area (Å²) in [6.07, 6.45) is 2.27. The van der Waals surface area contributed by atoms with E-state index in [4.69, 9.17) is 16.7 Å². The number of phenolic OH excluding ortho intramolecular Hbond substituents is 1. The fourth-order valence-electron chi connectivity index (χ4n) is 6.21. The molecular weight excluding hydrogens is 738 g/mol. The van der Waals surface area contributed by atoms with Crippen LogP contribution in [-0.2, 0) is 30.4 Å². The van der Waals surface area contributed by atoms with Gasteiger partial charge in [-0.3, -0.25) is 28.8 Å². The second-order valence-corrected chi connectivity index (χ2v) is 14.1. The van der Waals surface area contributed by atoms with Crippen LogP contribution in [0.2, 0.25) is 5.02 Å². The number of aliphatic hydroxyl groups is 1. The van der Waals surface area contributed by atoms with Gasteiger partial charge in [0.15, 0.2) is 5.78 Å². The van der Waals surface area contributed by atoms with E-state index in [9.17, 15) is 33.9 Å². The van der Waals surface area contributed by atoms with Crippen molar-refractivity contribution in [2.75, 3.05) is 33.3 Å². The van der Waals surface area contributed by atoms with Gasteiger partial charge >= 0.3 is 0 Å². The molecule has 13 nitrogen and oxygen atoms in total. The van der Waals surface area contributed by atoms with E-state index in [1.165, 1.54) is 6.07 Å². The third-order valence-corrected chi connectivity index (χ3v) is 9.95. The van der Waals surface area contributed by atoms with E-state index in [0.29, 0.717) is 28.1 Å². The Morgan fingerprint density at radius 2 is 1.54 bits per heavy atom. The van der Waals surface area contributed by atoms with Gasteiger partial charge in [0.2, 0.25) is 24.1 Å². The van der Waals surface area contributed by atoms with Crippen molar-refractivity contribution in [1.29, 1.82) is 0 Å². The molecule has 0 bridgehead atoms. The van der Waals surface area contributed by atoms with Crippen LogP contribution in [0.5, 0.6) is 5.75 Å². The number of aliphatic hydroxyl groups excluding tert-OH is 1. The lowest BCUT2D eigenvalue weighted by molar-refractivity contribution is -0.130. The maximum absolute atomic E-state index is 13.3. The van der Waals surface area contributed by atoms with Gasteiger partial charge in [0.05, 0.1) is 25.7 Å². The molecule has 1 aliphatic carbocycles. The van der Waals surface area contributed by atoms with Crippen LogP contribution in [0.3, 0.4) is 0 Å². The quantitative estimate of drug-likeness (QED) is 0.0824. The summed E-state index contributed by atoms with van der Waals surface area (Å²) in [6, 6.07) is 23.6. The van der Waals surface area contributed by atoms with Crippen LogP contribution in [0.25, 0.3) is 22.3 Å². The van der Waals surface area contributed by atoms with Crippen LogP contribution >= 0.6 is 11.6 Å². The van der Waals surface area contributed by atoms with Crippen molar-refractivity contribution in [2.45, 2.75) is 44.2 Å². The molecule has 6 N–H and O–H groups in total. The number of rotatable bonds is 18. The van der Waals surface area contributed by atoms with E-state index >= 15 is 0 Å². The predicted molar refractivity (Wildman–Crippen MR) is 211 cm³/mol. The van der Waals surface area contributed by atoms with E-state index in [1.807, 2.05) is 49.4 Å². The van der Waals surface area contributed by atoms with Gasteiger partial charge in [-0.2, -0.15) is 0 Å². The van der Waals surface area contributed by atoms with Crippen molar-refractivity contribution in [2.24, 2.45) is 0 Å². The third kappa shape index (κ3) is 10.8. The third-order valence-electron chi connectivity index (χ3n) is 9.70. The summed E-state index contributed by atoms with van der Waals surface area (Å²) in [6.45, 7) is 0.0782.